The number of rotatable bonds is 6. The van der Waals surface area contributed by atoms with Crippen LogP contribution in [0, 0.1) is 0 Å². The molecule has 0 fully saturated rings. The summed E-state index contributed by atoms with van der Waals surface area (Å²) in [6.45, 7) is 4.05. The molecule has 0 radical (unpaired) electrons. The first-order valence-corrected chi connectivity index (χ1v) is 7.62. The van der Waals surface area contributed by atoms with E-state index in [2.05, 4.69) is 0 Å². The Morgan fingerprint density at radius 1 is 1.24 bits per heavy atom. The molecule has 0 spiro atoms. The average Bonchev–Trinajstić information content (AvgIpc) is 2.35. The van der Waals surface area contributed by atoms with Crippen molar-refractivity contribution in [2.24, 2.45) is 5.73 Å². The van der Waals surface area contributed by atoms with Gasteiger partial charge in [0.25, 0.3) is 0 Å². The Morgan fingerprint density at radius 2 is 1.82 bits per heavy atom. The zero-order valence-corrected chi connectivity index (χ0v) is 11.3. The van der Waals surface area contributed by atoms with Crippen LogP contribution in [0.4, 0.5) is 0 Å². The van der Waals surface area contributed by atoms with Gasteiger partial charge in [0.05, 0.1) is 10.5 Å². The van der Waals surface area contributed by atoms with Crippen molar-refractivity contribution in [3.8, 4) is 0 Å². The van der Waals surface area contributed by atoms with Gasteiger partial charge >= 0.3 is 0 Å². The molecule has 96 valence electrons. The van der Waals surface area contributed by atoms with Crippen molar-refractivity contribution in [1.29, 1.82) is 0 Å². The van der Waals surface area contributed by atoms with Crippen molar-refractivity contribution in [3.63, 3.8) is 0 Å². The summed E-state index contributed by atoms with van der Waals surface area (Å²) in [6.07, 6.45) is 1.12. The summed E-state index contributed by atoms with van der Waals surface area (Å²) in [7, 11) is -3.15. The van der Waals surface area contributed by atoms with Crippen molar-refractivity contribution in [3.05, 3.63) is 35.9 Å². The highest BCUT2D eigenvalue weighted by Crippen LogP contribution is 2.29. The fourth-order valence-corrected chi connectivity index (χ4v) is 3.88. The normalized spacial score (nSPS) is 15.5. The lowest BCUT2D eigenvalue weighted by molar-refractivity contribution is 0.561. The Bertz CT molecular complexity index is 428. The number of hydrogen-bond donors (Lipinski definition) is 1. The Morgan fingerprint density at radius 3 is 2.29 bits per heavy atom. The first kappa shape index (κ1) is 14.2. The summed E-state index contributed by atoms with van der Waals surface area (Å²) in [4.78, 5) is 0. The van der Waals surface area contributed by atoms with E-state index in [-0.39, 0.29) is 5.25 Å². The van der Waals surface area contributed by atoms with E-state index >= 15 is 0 Å². The molecule has 0 aliphatic heterocycles. The molecule has 2 N–H and O–H groups in total. The minimum atomic E-state index is -3.15. The van der Waals surface area contributed by atoms with Gasteiger partial charge < -0.3 is 5.73 Å². The summed E-state index contributed by atoms with van der Waals surface area (Å²) in [6, 6.07) is 9.34. The SMILES string of the molecule is CCC(C)S(=O)(=O)C(CCN)c1ccccc1. The molecule has 0 saturated carbocycles. The van der Waals surface area contributed by atoms with E-state index in [0.717, 1.165) is 5.56 Å². The van der Waals surface area contributed by atoms with Gasteiger partial charge in [-0.05, 0) is 31.9 Å². The van der Waals surface area contributed by atoms with Gasteiger partial charge in [-0.2, -0.15) is 0 Å². The maximum absolute atomic E-state index is 12.4. The lowest BCUT2D eigenvalue weighted by atomic mass is 10.1. The van der Waals surface area contributed by atoms with Crippen LogP contribution in [0.2, 0.25) is 0 Å². The Balaban J connectivity index is 3.10. The third-order valence-electron chi connectivity index (χ3n) is 3.13. The van der Waals surface area contributed by atoms with E-state index in [1.54, 1.807) is 6.92 Å². The van der Waals surface area contributed by atoms with Gasteiger partial charge in [0.15, 0.2) is 9.84 Å². The van der Waals surface area contributed by atoms with Gasteiger partial charge in [-0.1, -0.05) is 37.3 Å². The Kier molecular flexibility index (Phi) is 5.15. The van der Waals surface area contributed by atoms with Crippen LogP contribution >= 0.6 is 0 Å². The zero-order chi connectivity index (χ0) is 12.9. The minimum absolute atomic E-state index is 0.320. The Hall–Kier alpha value is -0.870. The first-order valence-electron chi connectivity index (χ1n) is 6.01. The third kappa shape index (κ3) is 3.30. The van der Waals surface area contributed by atoms with Gasteiger partial charge in [-0.25, -0.2) is 8.42 Å². The first-order chi connectivity index (χ1) is 8.04. The topological polar surface area (TPSA) is 60.2 Å². The molecular weight excluding hydrogens is 234 g/mol. The lowest BCUT2D eigenvalue weighted by Gasteiger charge is -2.21. The molecule has 0 aliphatic rings. The molecule has 1 rings (SSSR count). The number of nitrogens with two attached hydrogens (primary N) is 1. The molecule has 0 aliphatic carbocycles. The van der Waals surface area contributed by atoms with E-state index in [1.807, 2.05) is 37.3 Å². The van der Waals surface area contributed by atoms with E-state index in [4.69, 9.17) is 5.73 Å². The zero-order valence-electron chi connectivity index (χ0n) is 10.5. The standard InChI is InChI=1S/C13H21NO2S/c1-3-11(2)17(15,16)13(9-10-14)12-7-5-4-6-8-12/h4-8,11,13H,3,9-10,14H2,1-2H3. The van der Waals surface area contributed by atoms with E-state index in [9.17, 15) is 8.42 Å². The molecule has 0 amide bonds. The van der Waals surface area contributed by atoms with Crippen LogP contribution in [0.15, 0.2) is 30.3 Å². The van der Waals surface area contributed by atoms with Crippen LogP contribution < -0.4 is 5.73 Å². The summed E-state index contributed by atoms with van der Waals surface area (Å²) < 4.78 is 24.8. The molecule has 2 atom stereocenters. The van der Waals surface area contributed by atoms with E-state index in [1.165, 1.54) is 0 Å². The second-order valence-electron chi connectivity index (χ2n) is 4.28. The second kappa shape index (κ2) is 6.17. The van der Waals surface area contributed by atoms with Crippen LogP contribution in [-0.2, 0) is 9.84 Å². The van der Waals surface area contributed by atoms with Crippen molar-refractivity contribution in [2.45, 2.75) is 37.2 Å². The van der Waals surface area contributed by atoms with Crippen LogP contribution in [0.25, 0.3) is 0 Å². The van der Waals surface area contributed by atoms with Gasteiger partial charge in [0, 0.05) is 0 Å². The maximum atomic E-state index is 12.4. The fraction of sp³-hybridized carbons (Fsp3) is 0.538. The second-order valence-corrected chi connectivity index (χ2v) is 6.84. The van der Waals surface area contributed by atoms with Crippen LogP contribution in [0.5, 0.6) is 0 Å². The molecule has 0 heterocycles. The van der Waals surface area contributed by atoms with Gasteiger partial charge in [0.1, 0.15) is 0 Å². The molecule has 1 aromatic rings. The van der Waals surface area contributed by atoms with Crippen molar-refractivity contribution in [1.82, 2.24) is 0 Å². The lowest BCUT2D eigenvalue weighted by Crippen LogP contribution is -2.26. The van der Waals surface area contributed by atoms with Crippen molar-refractivity contribution in [2.75, 3.05) is 6.54 Å². The predicted octanol–water partition coefficient (Wildman–Crippen LogP) is 2.29. The molecule has 3 nitrogen and oxygen atoms in total. The van der Waals surface area contributed by atoms with Crippen LogP contribution in [-0.4, -0.2) is 20.2 Å². The average molecular weight is 255 g/mol. The molecule has 0 saturated heterocycles. The van der Waals surface area contributed by atoms with Gasteiger partial charge in [-0.15, -0.1) is 0 Å². The summed E-state index contributed by atoms with van der Waals surface area (Å²) in [5, 5.41) is -0.789. The fourth-order valence-electron chi connectivity index (χ4n) is 1.85. The van der Waals surface area contributed by atoms with Crippen LogP contribution in [0.3, 0.4) is 0 Å². The molecule has 0 bridgehead atoms. The monoisotopic (exact) mass is 255 g/mol. The molecule has 2 unspecified atom stereocenters. The predicted molar refractivity (Wildman–Crippen MR) is 71.5 cm³/mol. The summed E-state index contributed by atoms with van der Waals surface area (Å²) in [5.41, 5.74) is 6.39. The smallest absolute Gasteiger partial charge is 0.159 e. The maximum Gasteiger partial charge on any atom is 0.159 e. The summed E-state index contributed by atoms with van der Waals surface area (Å²) in [5.74, 6) is 0. The largest absolute Gasteiger partial charge is 0.330 e. The molecule has 17 heavy (non-hydrogen) atoms. The molecule has 4 heteroatoms. The van der Waals surface area contributed by atoms with Crippen molar-refractivity contribution < 1.29 is 8.42 Å². The number of benzene rings is 1. The highest BCUT2D eigenvalue weighted by molar-refractivity contribution is 7.92. The summed E-state index contributed by atoms with van der Waals surface area (Å²) >= 11 is 0. The number of hydrogen-bond acceptors (Lipinski definition) is 3. The van der Waals surface area contributed by atoms with Gasteiger partial charge in [-0.3, -0.25) is 0 Å². The van der Waals surface area contributed by atoms with E-state index in [0.29, 0.717) is 19.4 Å². The molecule has 0 aromatic heterocycles. The third-order valence-corrected chi connectivity index (χ3v) is 5.89. The molecular formula is C13H21NO2S. The Labute approximate surface area is 104 Å². The number of sulfone groups is 1. The minimum Gasteiger partial charge on any atom is -0.330 e. The highest BCUT2D eigenvalue weighted by Gasteiger charge is 2.30. The quantitative estimate of drug-likeness (QED) is 0.848. The highest BCUT2D eigenvalue weighted by atomic mass is 32.2. The molecule has 1 aromatic carbocycles. The van der Waals surface area contributed by atoms with E-state index < -0.39 is 15.1 Å². The van der Waals surface area contributed by atoms with Crippen molar-refractivity contribution >= 4 is 9.84 Å². The van der Waals surface area contributed by atoms with Gasteiger partial charge in [0.2, 0.25) is 0 Å². The van der Waals surface area contributed by atoms with Crippen LogP contribution in [0.1, 0.15) is 37.5 Å².